The Balaban J connectivity index is 4.82. The first kappa shape index (κ1) is 62.9. The highest BCUT2D eigenvalue weighted by Gasteiger charge is 2.28. The molecule has 12 heteroatoms. The van der Waals surface area contributed by atoms with Crippen LogP contribution in [0.2, 0.25) is 0 Å². The Kier molecular flexibility index (Phi) is 46.1. The number of ether oxygens (including phenoxy) is 3. The molecule has 0 aromatic heterocycles. The van der Waals surface area contributed by atoms with Crippen LogP contribution in [0.4, 0.5) is 0 Å². The number of esters is 3. The fourth-order valence-corrected chi connectivity index (χ4v) is 7.52. The topological polar surface area (TPSA) is 155 Å². The van der Waals surface area contributed by atoms with Gasteiger partial charge in [0, 0.05) is 19.3 Å². The van der Waals surface area contributed by atoms with Crippen molar-refractivity contribution in [2.75, 3.05) is 26.4 Å². The average Bonchev–Trinajstić information content (AvgIpc) is 3.30. The molecule has 0 radical (unpaired) electrons. The van der Waals surface area contributed by atoms with Crippen LogP contribution in [0.25, 0.3) is 0 Å². The minimum atomic E-state index is -4.75. The van der Waals surface area contributed by atoms with Crippen LogP contribution in [0.1, 0.15) is 213 Å². The van der Waals surface area contributed by atoms with Gasteiger partial charge in [-0.3, -0.25) is 23.4 Å². The van der Waals surface area contributed by atoms with E-state index >= 15 is 0 Å². The van der Waals surface area contributed by atoms with Crippen molar-refractivity contribution in [2.45, 2.75) is 226 Å². The standard InChI is InChI=1S/C54H93O11P/c1-4-7-10-13-16-19-21-22-23-24-25-26-27-28-30-33-36-39-42-45-54(58)65-51(47-61-52(56)43-40-37-34-31-18-15-12-9-6-3)49-63-66(59,60)62-48-50(46-55)64-53(57)44-41-38-35-32-29-20-17-14-11-8-5-2/h7,10,16,19,22-23,25-26,28,30,36,39,50-51,55H,4-6,8-9,11-15,17-18,20-21,24,27,29,31-35,37-38,40-49H2,1-3H3,(H,59,60)/b10-7-,19-16-,23-22-,26-25-,30-28-,39-36-. The predicted molar refractivity (Wildman–Crippen MR) is 270 cm³/mol. The van der Waals surface area contributed by atoms with Crippen LogP contribution in [-0.4, -0.2) is 66.5 Å². The Morgan fingerprint density at radius 1 is 0.439 bits per heavy atom. The lowest BCUT2D eigenvalue weighted by Gasteiger charge is -2.21. The van der Waals surface area contributed by atoms with E-state index in [4.69, 9.17) is 23.3 Å². The van der Waals surface area contributed by atoms with Crippen molar-refractivity contribution >= 4 is 25.7 Å². The predicted octanol–water partition coefficient (Wildman–Crippen LogP) is 14.6. The second-order valence-corrected chi connectivity index (χ2v) is 18.4. The summed E-state index contributed by atoms with van der Waals surface area (Å²) in [5, 5.41) is 9.75. The quantitative estimate of drug-likeness (QED) is 0.0197. The van der Waals surface area contributed by atoms with Gasteiger partial charge in [-0.05, 0) is 57.8 Å². The average molecular weight is 949 g/mol. The molecule has 3 unspecified atom stereocenters. The zero-order valence-corrected chi connectivity index (χ0v) is 42.5. The van der Waals surface area contributed by atoms with E-state index in [2.05, 4.69) is 81.5 Å². The van der Waals surface area contributed by atoms with Crippen LogP contribution >= 0.6 is 7.82 Å². The molecule has 0 saturated heterocycles. The van der Waals surface area contributed by atoms with Crippen molar-refractivity contribution in [3.05, 3.63) is 72.9 Å². The monoisotopic (exact) mass is 949 g/mol. The van der Waals surface area contributed by atoms with E-state index < -0.39 is 57.8 Å². The van der Waals surface area contributed by atoms with Crippen LogP contribution in [0.3, 0.4) is 0 Å². The molecule has 0 spiro atoms. The molecule has 3 atom stereocenters. The van der Waals surface area contributed by atoms with Crippen molar-refractivity contribution in [3.8, 4) is 0 Å². The normalized spacial score (nSPS) is 14.1. The number of carbonyl (C=O) groups is 3. The summed E-state index contributed by atoms with van der Waals surface area (Å²) in [5.41, 5.74) is 0. The van der Waals surface area contributed by atoms with Crippen LogP contribution in [0, 0.1) is 0 Å². The van der Waals surface area contributed by atoms with E-state index in [-0.39, 0.29) is 25.9 Å². The zero-order chi connectivity index (χ0) is 48.4. The highest BCUT2D eigenvalue weighted by atomic mass is 31.2. The van der Waals surface area contributed by atoms with Crippen molar-refractivity contribution in [1.29, 1.82) is 0 Å². The number of phosphoric acid groups is 1. The van der Waals surface area contributed by atoms with E-state index in [1.165, 1.54) is 77.0 Å². The largest absolute Gasteiger partial charge is 0.472 e. The molecule has 0 saturated carbocycles. The number of aliphatic hydroxyl groups is 1. The number of unbranched alkanes of at least 4 members (excludes halogenated alkanes) is 18. The van der Waals surface area contributed by atoms with E-state index in [1.807, 2.05) is 12.2 Å². The molecule has 2 N–H and O–H groups in total. The molecule has 0 heterocycles. The molecule has 0 aromatic carbocycles. The second-order valence-electron chi connectivity index (χ2n) is 17.0. The smallest absolute Gasteiger partial charge is 0.462 e. The molecule has 0 aliphatic heterocycles. The van der Waals surface area contributed by atoms with Crippen molar-refractivity contribution in [3.63, 3.8) is 0 Å². The molecule has 380 valence electrons. The van der Waals surface area contributed by atoms with Gasteiger partial charge in [0.25, 0.3) is 0 Å². The first-order valence-corrected chi connectivity index (χ1v) is 27.3. The van der Waals surface area contributed by atoms with Gasteiger partial charge in [0.2, 0.25) is 0 Å². The molecule has 0 bridgehead atoms. The van der Waals surface area contributed by atoms with Crippen LogP contribution in [0.5, 0.6) is 0 Å². The van der Waals surface area contributed by atoms with Crippen molar-refractivity contribution in [1.82, 2.24) is 0 Å². The summed E-state index contributed by atoms with van der Waals surface area (Å²) in [7, 11) is -4.75. The number of phosphoric ester groups is 1. The summed E-state index contributed by atoms with van der Waals surface area (Å²) in [6, 6.07) is 0. The van der Waals surface area contributed by atoms with Crippen LogP contribution in [-0.2, 0) is 42.2 Å². The van der Waals surface area contributed by atoms with Crippen molar-refractivity contribution in [2.24, 2.45) is 0 Å². The summed E-state index contributed by atoms with van der Waals surface area (Å²) in [5.74, 6) is -1.57. The van der Waals surface area contributed by atoms with Gasteiger partial charge in [-0.1, -0.05) is 209 Å². The van der Waals surface area contributed by atoms with Gasteiger partial charge in [-0.2, -0.15) is 0 Å². The van der Waals surface area contributed by atoms with Crippen LogP contribution < -0.4 is 0 Å². The third kappa shape index (κ3) is 46.0. The lowest BCUT2D eigenvalue weighted by Crippen LogP contribution is -2.30. The lowest BCUT2D eigenvalue weighted by atomic mass is 10.1. The van der Waals surface area contributed by atoms with Gasteiger partial charge >= 0.3 is 25.7 Å². The van der Waals surface area contributed by atoms with Crippen LogP contribution in [0.15, 0.2) is 72.9 Å². The summed E-state index contributed by atoms with van der Waals surface area (Å²) >= 11 is 0. The molecule has 0 aliphatic rings. The number of hydrogen-bond donors (Lipinski definition) is 2. The Morgan fingerprint density at radius 2 is 0.788 bits per heavy atom. The Bertz CT molecular complexity index is 1390. The molecule has 11 nitrogen and oxygen atoms in total. The van der Waals surface area contributed by atoms with Gasteiger partial charge in [0.15, 0.2) is 6.10 Å². The Morgan fingerprint density at radius 3 is 1.21 bits per heavy atom. The number of allylic oxidation sites excluding steroid dienone is 12. The summed E-state index contributed by atoms with van der Waals surface area (Å²) in [6.45, 7) is 4.40. The highest BCUT2D eigenvalue weighted by molar-refractivity contribution is 7.47. The maximum Gasteiger partial charge on any atom is 0.472 e. The van der Waals surface area contributed by atoms with Gasteiger partial charge < -0.3 is 24.2 Å². The molecule has 66 heavy (non-hydrogen) atoms. The maximum atomic E-state index is 12.8. The summed E-state index contributed by atoms with van der Waals surface area (Å²) in [6.07, 6.45) is 51.8. The number of aliphatic hydroxyl groups excluding tert-OH is 1. The number of carbonyl (C=O) groups excluding carboxylic acids is 3. The highest BCUT2D eigenvalue weighted by Crippen LogP contribution is 2.43. The third-order valence-corrected chi connectivity index (χ3v) is 11.6. The SMILES string of the molecule is CC/C=C\C/C=C\C/C=C\C/C=C\C/C=C\C/C=C\CCC(=O)OC(COC(=O)CCCCCCCCCCC)COP(=O)(O)OCC(CO)OC(=O)CCCCCCCCCCCCC. The Labute approximate surface area is 401 Å². The minimum absolute atomic E-state index is 0.0427. The maximum absolute atomic E-state index is 12.8. The molecule has 0 aromatic rings. The molecule has 0 rings (SSSR count). The van der Waals surface area contributed by atoms with Gasteiger partial charge in [-0.15, -0.1) is 0 Å². The summed E-state index contributed by atoms with van der Waals surface area (Å²) < 4.78 is 39.2. The van der Waals surface area contributed by atoms with Crippen molar-refractivity contribution < 1.29 is 52.2 Å². The lowest BCUT2D eigenvalue weighted by molar-refractivity contribution is -0.161. The van der Waals surface area contributed by atoms with E-state index in [0.717, 1.165) is 77.0 Å². The molecule has 0 amide bonds. The molecule has 0 aliphatic carbocycles. The number of hydrogen-bond acceptors (Lipinski definition) is 10. The van der Waals surface area contributed by atoms with E-state index in [1.54, 1.807) is 0 Å². The summed E-state index contributed by atoms with van der Waals surface area (Å²) in [4.78, 5) is 48.1. The second kappa shape index (κ2) is 48.4. The fourth-order valence-electron chi connectivity index (χ4n) is 6.73. The molecular weight excluding hydrogens is 856 g/mol. The van der Waals surface area contributed by atoms with E-state index in [9.17, 15) is 28.9 Å². The first-order chi connectivity index (χ1) is 32.2. The molecule has 0 fully saturated rings. The molecular formula is C54H93O11P. The fraction of sp³-hybridized carbons (Fsp3) is 0.722. The zero-order valence-electron chi connectivity index (χ0n) is 41.6. The van der Waals surface area contributed by atoms with Gasteiger partial charge in [0.1, 0.15) is 12.7 Å². The first-order valence-electron chi connectivity index (χ1n) is 25.8. The third-order valence-electron chi connectivity index (χ3n) is 10.7. The number of rotatable bonds is 47. The van der Waals surface area contributed by atoms with E-state index in [0.29, 0.717) is 19.3 Å². The van der Waals surface area contributed by atoms with Gasteiger partial charge in [0.05, 0.1) is 19.8 Å². The minimum Gasteiger partial charge on any atom is -0.462 e. The Hall–Kier alpha value is -3.08. The van der Waals surface area contributed by atoms with Gasteiger partial charge in [-0.25, -0.2) is 4.57 Å².